The number of aromatic hydroxyl groups is 1. The fourth-order valence-corrected chi connectivity index (χ4v) is 4.20. The van der Waals surface area contributed by atoms with Crippen LogP contribution in [-0.4, -0.2) is 61.2 Å². The third-order valence-corrected chi connectivity index (χ3v) is 6.31. The van der Waals surface area contributed by atoms with Crippen molar-refractivity contribution < 1.29 is 9.90 Å². The number of imidazole rings is 1. The van der Waals surface area contributed by atoms with Crippen LogP contribution in [0.4, 0.5) is 5.82 Å². The van der Waals surface area contributed by atoms with Gasteiger partial charge in [-0.1, -0.05) is 6.07 Å². The summed E-state index contributed by atoms with van der Waals surface area (Å²) in [5.74, 6) is 1.81. The summed E-state index contributed by atoms with van der Waals surface area (Å²) in [7, 11) is 1.48. The van der Waals surface area contributed by atoms with Crippen LogP contribution in [0.25, 0.3) is 5.82 Å². The Hall–Kier alpha value is -3.62. The summed E-state index contributed by atoms with van der Waals surface area (Å²) in [4.78, 5) is 38.1. The highest BCUT2D eigenvalue weighted by molar-refractivity contribution is 5.94. The predicted molar refractivity (Wildman–Crippen MR) is 120 cm³/mol. The highest BCUT2D eigenvalue weighted by Crippen LogP contribution is 2.40. The van der Waals surface area contributed by atoms with Gasteiger partial charge < -0.3 is 14.9 Å². The van der Waals surface area contributed by atoms with E-state index in [4.69, 9.17) is 4.98 Å². The molecule has 1 saturated heterocycles. The normalized spacial score (nSPS) is 16.4. The van der Waals surface area contributed by atoms with Gasteiger partial charge in [0.25, 0.3) is 5.91 Å². The first-order valence-corrected chi connectivity index (χ1v) is 10.9. The van der Waals surface area contributed by atoms with Crippen LogP contribution in [0.5, 0.6) is 5.88 Å². The molecule has 1 N–H and O–H groups in total. The van der Waals surface area contributed by atoms with E-state index >= 15 is 0 Å². The molecule has 0 radical (unpaired) electrons. The first kappa shape index (κ1) is 20.3. The van der Waals surface area contributed by atoms with Gasteiger partial charge in [0.15, 0.2) is 0 Å². The van der Waals surface area contributed by atoms with E-state index in [1.54, 1.807) is 12.1 Å². The average Bonchev–Trinajstić information content (AvgIpc) is 3.63. The van der Waals surface area contributed by atoms with E-state index in [9.17, 15) is 14.7 Å². The number of carbonyl (C=O) groups excluding carboxylic acids is 1. The van der Waals surface area contributed by atoms with Crippen molar-refractivity contribution in [3.05, 3.63) is 64.0 Å². The van der Waals surface area contributed by atoms with Crippen molar-refractivity contribution in [3.8, 4) is 11.7 Å². The van der Waals surface area contributed by atoms with E-state index in [-0.39, 0.29) is 11.8 Å². The van der Waals surface area contributed by atoms with E-state index in [0.29, 0.717) is 30.4 Å². The second-order valence-corrected chi connectivity index (χ2v) is 8.57. The summed E-state index contributed by atoms with van der Waals surface area (Å²) in [5, 5.41) is 9.70. The summed E-state index contributed by atoms with van der Waals surface area (Å²) in [6.07, 6.45) is 7.31. The van der Waals surface area contributed by atoms with Crippen LogP contribution in [0.3, 0.4) is 0 Å². The second kappa shape index (κ2) is 7.81. The molecule has 9 nitrogen and oxygen atoms in total. The molecule has 4 heterocycles. The molecular formula is C23H26N6O3. The van der Waals surface area contributed by atoms with Crippen LogP contribution < -0.4 is 10.6 Å². The van der Waals surface area contributed by atoms with Crippen LogP contribution in [0, 0.1) is 6.92 Å². The van der Waals surface area contributed by atoms with Gasteiger partial charge in [-0.25, -0.2) is 19.3 Å². The van der Waals surface area contributed by atoms with E-state index in [1.807, 2.05) is 11.1 Å². The summed E-state index contributed by atoms with van der Waals surface area (Å²) in [6.45, 7) is 4.78. The minimum atomic E-state index is -0.403. The van der Waals surface area contributed by atoms with Crippen LogP contribution in [0.1, 0.15) is 40.2 Å². The Morgan fingerprint density at radius 2 is 1.84 bits per heavy atom. The molecule has 3 aromatic rings. The first-order chi connectivity index (χ1) is 15.4. The average molecular weight is 435 g/mol. The molecule has 2 fully saturated rings. The maximum atomic E-state index is 12.9. The van der Waals surface area contributed by atoms with Crippen LogP contribution in [0.2, 0.25) is 0 Å². The molecule has 1 aliphatic heterocycles. The van der Waals surface area contributed by atoms with Gasteiger partial charge in [-0.15, -0.1) is 0 Å². The Morgan fingerprint density at radius 1 is 1.09 bits per heavy atom. The lowest BCUT2D eigenvalue weighted by atomic mass is 10.1. The minimum absolute atomic E-state index is 0.0827. The number of hydrogen-bond donors (Lipinski definition) is 1. The summed E-state index contributed by atoms with van der Waals surface area (Å²) < 4.78 is 2.36. The molecule has 1 saturated carbocycles. The van der Waals surface area contributed by atoms with E-state index in [0.717, 1.165) is 23.5 Å². The van der Waals surface area contributed by atoms with E-state index in [2.05, 4.69) is 22.9 Å². The molecule has 2 aliphatic rings. The van der Waals surface area contributed by atoms with Crippen molar-refractivity contribution in [1.82, 2.24) is 24.0 Å². The zero-order valence-corrected chi connectivity index (χ0v) is 18.2. The van der Waals surface area contributed by atoms with Crippen molar-refractivity contribution in [2.45, 2.75) is 25.7 Å². The van der Waals surface area contributed by atoms with E-state index < -0.39 is 5.69 Å². The molecule has 5 rings (SSSR count). The Kier molecular flexibility index (Phi) is 4.96. The lowest BCUT2D eigenvalue weighted by molar-refractivity contribution is 0.0746. The standard InChI is InChI=1S/C23H26N6O3/c1-15-11-18(16-3-4-16)13-25-21(15)27-7-9-28(10-8-27)22(31)17-5-6-19(24-12-17)29-14-20(30)26(2)23(29)32/h5-6,11-14,16,30H,3-4,7-10H2,1-2H3. The zero-order valence-electron chi connectivity index (χ0n) is 18.2. The molecule has 0 aromatic carbocycles. The largest absolute Gasteiger partial charge is 0.493 e. The van der Waals surface area contributed by atoms with Crippen molar-refractivity contribution in [2.75, 3.05) is 31.1 Å². The highest BCUT2D eigenvalue weighted by atomic mass is 16.3. The molecule has 0 spiro atoms. The van der Waals surface area contributed by atoms with Crippen LogP contribution in [0.15, 0.2) is 41.6 Å². The molecule has 1 aliphatic carbocycles. The molecule has 0 atom stereocenters. The number of aromatic nitrogens is 4. The number of rotatable bonds is 4. The monoisotopic (exact) mass is 434 g/mol. The fraction of sp³-hybridized carbons (Fsp3) is 0.391. The zero-order chi connectivity index (χ0) is 22.4. The number of carbonyl (C=O) groups is 1. The van der Waals surface area contributed by atoms with Crippen molar-refractivity contribution in [2.24, 2.45) is 7.05 Å². The summed E-state index contributed by atoms with van der Waals surface area (Å²) in [6, 6.07) is 5.53. The number of aryl methyl sites for hydroxylation is 1. The van der Waals surface area contributed by atoms with Crippen LogP contribution >= 0.6 is 0 Å². The molecule has 32 heavy (non-hydrogen) atoms. The molecular weight excluding hydrogens is 408 g/mol. The number of amides is 1. The molecule has 166 valence electrons. The third kappa shape index (κ3) is 3.63. The second-order valence-electron chi connectivity index (χ2n) is 8.57. The van der Waals surface area contributed by atoms with E-state index in [1.165, 1.54) is 48.0 Å². The van der Waals surface area contributed by atoms with Gasteiger partial charge in [-0.2, -0.15) is 0 Å². The minimum Gasteiger partial charge on any atom is -0.493 e. The Morgan fingerprint density at radius 3 is 2.41 bits per heavy atom. The molecule has 0 unspecified atom stereocenters. The molecule has 1 amide bonds. The fourth-order valence-electron chi connectivity index (χ4n) is 4.20. The lowest BCUT2D eigenvalue weighted by Gasteiger charge is -2.36. The highest BCUT2D eigenvalue weighted by Gasteiger charge is 2.27. The molecule has 0 bridgehead atoms. The van der Waals surface area contributed by atoms with Gasteiger partial charge in [-0.05, 0) is 48.9 Å². The maximum absolute atomic E-state index is 12.9. The lowest BCUT2D eigenvalue weighted by Crippen LogP contribution is -2.49. The third-order valence-electron chi connectivity index (χ3n) is 6.31. The number of pyridine rings is 2. The topological polar surface area (TPSA) is 96.5 Å². The Labute approximate surface area is 185 Å². The quantitative estimate of drug-likeness (QED) is 0.673. The summed E-state index contributed by atoms with van der Waals surface area (Å²) >= 11 is 0. The smallest absolute Gasteiger partial charge is 0.336 e. The van der Waals surface area contributed by atoms with Crippen LogP contribution in [-0.2, 0) is 7.05 Å². The van der Waals surface area contributed by atoms with Gasteiger partial charge in [-0.3, -0.25) is 9.36 Å². The van der Waals surface area contributed by atoms with Gasteiger partial charge in [0.2, 0.25) is 5.88 Å². The number of anilines is 1. The SMILES string of the molecule is Cc1cc(C2CC2)cnc1N1CCN(C(=O)c2ccc(-n3cc(O)n(C)c3=O)nc2)CC1. The number of hydrogen-bond acceptors (Lipinski definition) is 6. The van der Waals surface area contributed by atoms with Gasteiger partial charge in [0.1, 0.15) is 11.6 Å². The number of nitrogens with zero attached hydrogens (tertiary/aromatic N) is 6. The molecule has 9 heteroatoms. The van der Waals surface area contributed by atoms with Gasteiger partial charge in [0, 0.05) is 45.6 Å². The Bertz CT molecular complexity index is 1220. The van der Waals surface area contributed by atoms with Crippen molar-refractivity contribution in [1.29, 1.82) is 0 Å². The first-order valence-electron chi connectivity index (χ1n) is 10.9. The summed E-state index contributed by atoms with van der Waals surface area (Å²) in [5.41, 5.74) is 2.60. The van der Waals surface area contributed by atoms with Gasteiger partial charge in [0.05, 0.1) is 11.8 Å². The number of piperazine rings is 1. The maximum Gasteiger partial charge on any atom is 0.336 e. The molecule has 3 aromatic heterocycles. The van der Waals surface area contributed by atoms with Crippen molar-refractivity contribution in [3.63, 3.8) is 0 Å². The van der Waals surface area contributed by atoms with Gasteiger partial charge >= 0.3 is 5.69 Å². The van der Waals surface area contributed by atoms with Crippen molar-refractivity contribution >= 4 is 11.7 Å². The Balaban J connectivity index is 1.24. The predicted octanol–water partition coefficient (Wildman–Crippen LogP) is 1.82.